The van der Waals surface area contributed by atoms with Crippen molar-refractivity contribution in [2.45, 2.75) is 58.6 Å². The lowest BCUT2D eigenvalue weighted by molar-refractivity contribution is -0.0138. The molecule has 1 heterocycles. The van der Waals surface area contributed by atoms with E-state index in [0.29, 0.717) is 12.1 Å². The Morgan fingerprint density at radius 1 is 1.41 bits per heavy atom. The first-order valence-corrected chi connectivity index (χ1v) is 7.23. The van der Waals surface area contributed by atoms with E-state index in [9.17, 15) is 0 Å². The van der Waals surface area contributed by atoms with Gasteiger partial charge in [-0.25, -0.2) is 0 Å². The van der Waals surface area contributed by atoms with Crippen molar-refractivity contribution in [2.75, 3.05) is 26.2 Å². The maximum Gasteiger partial charge on any atom is 0.0702 e. The molecular weight excluding hydrogens is 212 g/mol. The number of nitrogens with two attached hydrogens (primary N) is 1. The zero-order valence-corrected chi connectivity index (χ0v) is 11.8. The molecule has 2 unspecified atom stereocenters. The summed E-state index contributed by atoms with van der Waals surface area (Å²) < 4.78 is 5.88. The van der Waals surface area contributed by atoms with E-state index in [1.165, 1.54) is 25.8 Å². The molecule has 102 valence electrons. The lowest BCUT2D eigenvalue weighted by Crippen LogP contribution is -2.49. The minimum Gasteiger partial charge on any atom is -0.377 e. The standard InChI is InChI=1S/C14H30N2O/c1-4-8-17-14-6-5-7-16(11-14)13(10-15)9-12(2)3/h12-14H,4-11,15H2,1-3H3. The summed E-state index contributed by atoms with van der Waals surface area (Å²) in [6, 6.07) is 0.544. The highest BCUT2D eigenvalue weighted by Crippen LogP contribution is 2.19. The first kappa shape index (κ1) is 14.9. The molecule has 0 aromatic rings. The van der Waals surface area contributed by atoms with Gasteiger partial charge in [0.25, 0.3) is 0 Å². The lowest BCUT2D eigenvalue weighted by atomic mass is 9.99. The van der Waals surface area contributed by atoms with Gasteiger partial charge in [-0.15, -0.1) is 0 Å². The summed E-state index contributed by atoms with van der Waals surface area (Å²) in [5, 5.41) is 0. The van der Waals surface area contributed by atoms with Crippen LogP contribution in [0.4, 0.5) is 0 Å². The van der Waals surface area contributed by atoms with E-state index >= 15 is 0 Å². The molecule has 0 radical (unpaired) electrons. The molecule has 2 N–H and O–H groups in total. The minimum atomic E-state index is 0.435. The van der Waals surface area contributed by atoms with Crippen LogP contribution in [-0.4, -0.2) is 43.3 Å². The van der Waals surface area contributed by atoms with Crippen LogP contribution in [0.25, 0.3) is 0 Å². The van der Waals surface area contributed by atoms with Crippen LogP contribution < -0.4 is 5.73 Å². The molecule has 1 rings (SSSR count). The summed E-state index contributed by atoms with van der Waals surface area (Å²) in [7, 11) is 0. The van der Waals surface area contributed by atoms with Crippen molar-refractivity contribution in [3.8, 4) is 0 Å². The molecule has 17 heavy (non-hydrogen) atoms. The number of hydrogen-bond acceptors (Lipinski definition) is 3. The molecule has 0 aromatic heterocycles. The van der Waals surface area contributed by atoms with Gasteiger partial charge in [-0.3, -0.25) is 4.90 Å². The Kier molecular flexibility index (Phi) is 7.09. The van der Waals surface area contributed by atoms with Crippen molar-refractivity contribution < 1.29 is 4.74 Å². The van der Waals surface area contributed by atoms with Gasteiger partial charge in [0, 0.05) is 25.7 Å². The predicted octanol–water partition coefficient (Wildman–Crippen LogP) is 2.25. The average molecular weight is 242 g/mol. The normalized spacial score (nSPS) is 24.2. The second-order valence-electron chi connectivity index (χ2n) is 5.65. The van der Waals surface area contributed by atoms with Crippen LogP contribution in [0, 0.1) is 5.92 Å². The molecule has 0 aliphatic carbocycles. The van der Waals surface area contributed by atoms with Gasteiger partial charge in [-0.05, 0) is 38.1 Å². The molecule has 1 saturated heterocycles. The van der Waals surface area contributed by atoms with Crippen LogP contribution in [0.2, 0.25) is 0 Å². The Labute approximate surface area is 107 Å². The first-order chi connectivity index (χ1) is 8.17. The highest BCUT2D eigenvalue weighted by atomic mass is 16.5. The van der Waals surface area contributed by atoms with Gasteiger partial charge < -0.3 is 10.5 Å². The summed E-state index contributed by atoms with van der Waals surface area (Å²) in [5.74, 6) is 0.723. The Balaban J connectivity index is 2.40. The highest BCUT2D eigenvalue weighted by molar-refractivity contribution is 4.81. The van der Waals surface area contributed by atoms with Crippen molar-refractivity contribution in [1.29, 1.82) is 0 Å². The Morgan fingerprint density at radius 3 is 2.76 bits per heavy atom. The summed E-state index contributed by atoms with van der Waals surface area (Å²) in [6.07, 6.45) is 5.23. The molecule has 0 spiro atoms. The summed E-state index contributed by atoms with van der Waals surface area (Å²) in [6.45, 7) is 10.7. The number of rotatable bonds is 7. The van der Waals surface area contributed by atoms with Crippen LogP contribution >= 0.6 is 0 Å². The fourth-order valence-corrected chi connectivity index (χ4v) is 2.66. The van der Waals surface area contributed by atoms with E-state index in [1.54, 1.807) is 0 Å². The highest BCUT2D eigenvalue weighted by Gasteiger charge is 2.25. The third-order valence-corrected chi connectivity index (χ3v) is 3.50. The summed E-state index contributed by atoms with van der Waals surface area (Å²) in [4.78, 5) is 2.55. The van der Waals surface area contributed by atoms with E-state index in [4.69, 9.17) is 10.5 Å². The largest absolute Gasteiger partial charge is 0.377 e. The van der Waals surface area contributed by atoms with Crippen molar-refractivity contribution in [3.63, 3.8) is 0 Å². The maximum absolute atomic E-state index is 5.91. The van der Waals surface area contributed by atoms with E-state index in [-0.39, 0.29) is 0 Å². The number of nitrogens with zero attached hydrogens (tertiary/aromatic N) is 1. The number of piperidine rings is 1. The van der Waals surface area contributed by atoms with Crippen LogP contribution in [0.5, 0.6) is 0 Å². The number of likely N-dealkylation sites (tertiary alicyclic amines) is 1. The predicted molar refractivity (Wildman–Crippen MR) is 73.1 cm³/mol. The second-order valence-corrected chi connectivity index (χ2v) is 5.65. The molecule has 1 aliphatic rings. The molecule has 3 nitrogen and oxygen atoms in total. The minimum absolute atomic E-state index is 0.435. The van der Waals surface area contributed by atoms with Crippen LogP contribution in [-0.2, 0) is 4.74 Å². The molecule has 1 aliphatic heterocycles. The number of hydrogen-bond donors (Lipinski definition) is 1. The van der Waals surface area contributed by atoms with Gasteiger partial charge in [0.15, 0.2) is 0 Å². The topological polar surface area (TPSA) is 38.5 Å². The monoisotopic (exact) mass is 242 g/mol. The first-order valence-electron chi connectivity index (χ1n) is 7.23. The molecular formula is C14H30N2O. The van der Waals surface area contributed by atoms with E-state index in [0.717, 1.165) is 32.0 Å². The van der Waals surface area contributed by atoms with Gasteiger partial charge in [0.05, 0.1) is 6.10 Å². The molecule has 0 aromatic carbocycles. The fraction of sp³-hybridized carbons (Fsp3) is 1.00. The maximum atomic E-state index is 5.91. The van der Waals surface area contributed by atoms with Crippen molar-refractivity contribution in [2.24, 2.45) is 11.7 Å². The SMILES string of the molecule is CCCOC1CCCN(C(CN)CC(C)C)C1. The second kappa shape index (κ2) is 8.06. The Bertz CT molecular complexity index is 197. The Hall–Kier alpha value is -0.120. The van der Waals surface area contributed by atoms with E-state index < -0.39 is 0 Å². The van der Waals surface area contributed by atoms with Crippen LogP contribution in [0.15, 0.2) is 0 Å². The quantitative estimate of drug-likeness (QED) is 0.744. The van der Waals surface area contributed by atoms with Gasteiger partial charge >= 0.3 is 0 Å². The van der Waals surface area contributed by atoms with Crippen molar-refractivity contribution in [1.82, 2.24) is 4.90 Å². The summed E-state index contributed by atoms with van der Waals surface area (Å²) >= 11 is 0. The fourth-order valence-electron chi connectivity index (χ4n) is 2.66. The van der Waals surface area contributed by atoms with Gasteiger partial charge in [0.1, 0.15) is 0 Å². The van der Waals surface area contributed by atoms with E-state index in [1.807, 2.05) is 0 Å². The Morgan fingerprint density at radius 2 is 2.18 bits per heavy atom. The van der Waals surface area contributed by atoms with E-state index in [2.05, 4.69) is 25.7 Å². The van der Waals surface area contributed by atoms with Gasteiger partial charge in [0.2, 0.25) is 0 Å². The van der Waals surface area contributed by atoms with Crippen LogP contribution in [0.3, 0.4) is 0 Å². The summed E-state index contributed by atoms with van der Waals surface area (Å²) in [5.41, 5.74) is 5.91. The molecule has 0 amide bonds. The smallest absolute Gasteiger partial charge is 0.0702 e. The molecule has 3 heteroatoms. The zero-order valence-electron chi connectivity index (χ0n) is 11.8. The average Bonchev–Trinajstić information content (AvgIpc) is 2.33. The van der Waals surface area contributed by atoms with Crippen molar-refractivity contribution in [3.05, 3.63) is 0 Å². The number of ether oxygens (including phenoxy) is 1. The zero-order chi connectivity index (χ0) is 12.7. The molecule has 0 bridgehead atoms. The van der Waals surface area contributed by atoms with Gasteiger partial charge in [-0.2, -0.15) is 0 Å². The van der Waals surface area contributed by atoms with Crippen molar-refractivity contribution >= 4 is 0 Å². The molecule has 0 saturated carbocycles. The third-order valence-electron chi connectivity index (χ3n) is 3.50. The third kappa shape index (κ3) is 5.36. The van der Waals surface area contributed by atoms with Gasteiger partial charge in [-0.1, -0.05) is 20.8 Å². The lowest BCUT2D eigenvalue weighted by Gasteiger charge is -2.38. The van der Waals surface area contributed by atoms with Crippen LogP contribution in [0.1, 0.15) is 46.5 Å². The molecule has 1 fully saturated rings. The molecule has 2 atom stereocenters.